The van der Waals surface area contributed by atoms with Gasteiger partial charge in [0.25, 0.3) is 0 Å². The van der Waals surface area contributed by atoms with Crippen molar-refractivity contribution in [1.29, 1.82) is 0 Å². The zero-order valence-electron chi connectivity index (χ0n) is 11.3. The van der Waals surface area contributed by atoms with E-state index in [1.165, 1.54) is 24.3 Å². The summed E-state index contributed by atoms with van der Waals surface area (Å²) in [7, 11) is 0. The number of hydrogen-bond acceptors (Lipinski definition) is 2. The fourth-order valence-corrected chi connectivity index (χ4v) is 4.30. The first-order chi connectivity index (χ1) is 9.20. The molecule has 1 aromatic rings. The van der Waals surface area contributed by atoms with Gasteiger partial charge >= 0.3 is 0 Å². The topological polar surface area (TPSA) is 12.0 Å². The molecule has 1 aliphatic rings. The number of thioether (sulfide) groups is 1. The van der Waals surface area contributed by atoms with Crippen LogP contribution in [0.5, 0.6) is 0 Å². The molecule has 4 heteroatoms. The molecule has 0 bridgehead atoms. The Hall–Kier alpha value is 0.110. The Morgan fingerprint density at radius 1 is 1.32 bits per heavy atom. The third-order valence-corrected chi connectivity index (χ3v) is 5.32. The van der Waals surface area contributed by atoms with Gasteiger partial charge in [-0.1, -0.05) is 30.1 Å². The number of halogens is 2. The Balaban J connectivity index is 2.11. The summed E-state index contributed by atoms with van der Waals surface area (Å²) >= 11 is 14.5. The van der Waals surface area contributed by atoms with E-state index in [0.717, 1.165) is 34.5 Å². The molecular formula is C15H21Cl2NS. The molecule has 1 unspecified atom stereocenters. The lowest BCUT2D eigenvalue weighted by molar-refractivity contribution is 0.374. The minimum absolute atomic E-state index is 0.323. The number of hydrogen-bond donors (Lipinski definition) is 1. The van der Waals surface area contributed by atoms with Crippen molar-refractivity contribution < 1.29 is 0 Å². The van der Waals surface area contributed by atoms with Crippen LogP contribution in [0, 0.1) is 5.92 Å². The smallest absolute Gasteiger partial charge is 0.0454 e. The fourth-order valence-electron chi connectivity index (χ4n) is 2.66. The predicted octanol–water partition coefficient (Wildman–Crippen LogP) is 5.18. The highest BCUT2D eigenvalue weighted by molar-refractivity contribution is 7.99. The van der Waals surface area contributed by atoms with Crippen LogP contribution >= 0.6 is 35.0 Å². The molecule has 1 heterocycles. The summed E-state index contributed by atoms with van der Waals surface area (Å²) in [5, 5.41) is 5.15. The quantitative estimate of drug-likeness (QED) is 0.803. The lowest BCUT2D eigenvalue weighted by atomic mass is 9.90. The molecule has 0 radical (unpaired) electrons. The predicted molar refractivity (Wildman–Crippen MR) is 87.5 cm³/mol. The summed E-state index contributed by atoms with van der Waals surface area (Å²) in [6.07, 6.45) is 3.81. The number of nitrogens with one attached hydrogen (secondary N) is 1. The van der Waals surface area contributed by atoms with Crippen LogP contribution in [-0.2, 0) is 0 Å². The van der Waals surface area contributed by atoms with Gasteiger partial charge in [-0.15, -0.1) is 0 Å². The first-order valence-electron chi connectivity index (χ1n) is 6.96. The van der Waals surface area contributed by atoms with Crippen molar-refractivity contribution >= 4 is 35.0 Å². The van der Waals surface area contributed by atoms with Crippen molar-refractivity contribution in [1.82, 2.24) is 5.32 Å². The summed E-state index contributed by atoms with van der Waals surface area (Å²) in [4.78, 5) is 0. The fraction of sp³-hybridized carbons (Fsp3) is 0.600. The molecule has 0 aromatic heterocycles. The van der Waals surface area contributed by atoms with Crippen molar-refractivity contribution in [2.75, 3.05) is 18.1 Å². The van der Waals surface area contributed by atoms with Crippen molar-refractivity contribution in [3.63, 3.8) is 0 Å². The van der Waals surface area contributed by atoms with Crippen LogP contribution in [0.25, 0.3) is 0 Å². The molecule has 1 fully saturated rings. The van der Waals surface area contributed by atoms with E-state index in [2.05, 4.69) is 24.0 Å². The third kappa shape index (κ3) is 4.56. The lowest BCUT2D eigenvalue weighted by Crippen LogP contribution is -2.25. The average molecular weight is 318 g/mol. The second-order valence-electron chi connectivity index (χ2n) is 5.07. The van der Waals surface area contributed by atoms with Gasteiger partial charge in [0, 0.05) is 16.1 Å². The van der Waals surface area contributed by atoms with Gasteiger partial charge in [0.05, 0.1) is 0 Å². The molecule has 0 saturated carbocycles. The standard InChI is InChI=1S/C15H21Cl2NS/c1-2-18-15(9-11-5-7-19-8-6-11)13-10-12(16)3-4-14(13)17/h3-4,10-11,15,18H,2,5-9H2,1H3. The average Bonchev–Trinajstić information content (AvgIpc) is 2.42. The molecule has 0 spiro atoms. The molecule has 0 amide bonds. The number of rotatable bonds is 5. The van der Waals surface area contributed by atoms with E-state index in [9.17, 15) is 0 Å². The highest BCUT2D eigenvalue weighted by Gasteiger charge is 2.21. The molecule has 0 aliphatic carbocycles. The van der Waals surface area contributed by atoms with E-state index in [1.807, 2.05) is 18.2 Å². The summed E-state index contributed by atoms with van der Waals surface area (Å²) in [5.41, 5.74) is 1.15. The minimum atomic E-state index is 0.323. The van der Waals surface area contributed by atoms with Gasteiger partial charge in [-0.25, -0.2) is 0 Å². The second-order valence-corrected chi connectivity index (χ2v) is 7.14. The van der Waals surface area contributed by atoms with Crippen molar-refractivity contribution in [2.45, 2.75) is 32.2 Å². The summed E-state index contributed by atoms with van der Waals surface area (Å²) in [5.74, 6) is 3.40. The van der Waals surface area contributed by atoms with Crippen molar-refractivity contribution in [3.8, 4) is 0 Å². The van der Waals surface area contributed by atoms with Crippen molar-refractivity contribution in [2.24, 2.45) is 5.92 Å². The monoisotopic (exact) mass is 317 g/mol. The minimum Gasteiger partial charge on any atom is -0.310 e. The lowest BCUT2D eigenvalue weighted by Gasteiger charge is -2.27. The van der Waals surface area contributed by atoms with Crippen LogP contribution in [-0.4, -0.2) is 18.1 Å². The highest BCUT2D eigenvalue weighted by Crippen LogP contribution is 2.34. The molecule has 1 aliphatic heterocycles. The van der Waals surface area contributed by atoms with Gasteiger partial charge in [0.2, 0.25) is 0 Å². The Morgan fingerprint density at radius 2 is 2.05 bits per heavy atom. The summed E-state index contributed by atoms with van der Waals surface area (Å²) < 4.78 is 0. The zero-order valence-corrected chi connectivity index (χ0v) is 13.6. The molecule has 1 N–H and O–H groups in total. The van der Waals surface area contributed by atoms with Crippen LogP contribution in [0.3, 0.4) is 0 Å². The first kappa shape index (κ1) is 15.5. The molecule has 1 nitrogen and oxygen atoms in total. The number of benzene rings is 1. The summed E-state index contributed by atoms with van der Waals surface area (Å²) in [6.45, 7) is 3.09. The van der Waals surface area contributed by atoms with Crippen LogP contribution < -0.4 is 5.32 Å². The molecular weight excluding hydrogens is 297 g/mol. The van der Waals surface area contributed by atoms with E-state index >= 15 is 0 Å². The van der Waals surface area contributed by atoms with Crippen LogP contribution in [0.4, 0.5) is 0 Å². The molecule has 1 aromatic carbocycles. The van der Waals surface area contributed by atoms with Gasteiger partial charge in [0.1, 0.15) is 0 Å². The van der Waals surface area contributed by atoms with E-state index in [4.69, 9.17) is 23.2 Å². The Bertz CT molecular complexity index is 405. The normalized spacial score (nSPS) is 18.5. The van der Waals surface area contributed by atoms with Crippen molar-refractivity contribution in [3.05, 3.63) is 33.8 Å². The zero-order chi connectivity index (χ0) is 13.7. The van der Waals surface area contributed by atoms with E-state index < -0.39 is 0 Å². The van der Waals surface area contributed by atoms with Crippen LogP contribution in [0.1, 0.15) is 37.8 Å². The maximum absolute atomic E-state index is 6.34. The van der Waals surface area contributed by atoms with Gasteiger partial charge in [-0.05, 0) is 67.0 Å². The maximum atomic E-state index is 6.34. The summed E-state index contributed by atoms with van der Waals surface area (Å²) in [6, 6.07) is 6.09. The second kappa shape index (κ2) is 7.78. The molecule has 1 atom stereocenters. The highest BCUT2D eigenvalue weighted by atomic mass is 35.5. The molecule has 19 heavy (non-hydrogen) atoms. The maximum Gasteiger partial charge on any atom is 0.0454 e. The van der Waals surface area contributed by atoms with Crippen LogP contribution in [0.2, 0.25) is 10.0 Å². The van der Waals surface area contributed by atoms with E-state index in [-0.39, 0.29) is 0 Å². The molecule has 106 valence electrons. The molecule has 2 rings (SSSR count). The SMILES string of the molecule is CCNC(CC1CCSCC1)c1cc(Cl)ccc1Cl. The first-order valence-corrected chi connectivity index (χ1v) is 8.87. The van der Waals surface area contributed by atoms with E-state index in [0.29, 0.717) is 6.04 Å². The van der Waals surface area contributed by atoms with Gasteiger partial charge in [-0.3, -0.25) is 0 Å². The van der Waals surface area contributed by atoms with Gasteiger partial charge in [-0.2, -0.15) is 11.8 Å². The Morgan fingerprint density at radius 3 is 2.74 bits per heavy atom. The third-order valence-electron chi connectivity index (χ3n) is 3.69. The molecule has 1 saturated heterocycles. The van der Waals surface area contributed by atoms with Gasteiger partial charge in [0.15, 0.2) is 0 Å². The largest absolute Gasteiger partial charge is 0.310 e. The Labute approximate surface area is 130 Å². The van der Waals surface area contributed by atoms with E-state index in [1.54, 1.807) is 0 Å². The van der Waals surface area contributed by atoms with Crippen LogP contribution in [0.15, 0.2) is 18.2 Å². The van der Waals surface area contributed by atoms with Gasteiger partial charge < -0.3 is 5.32 Å². The Kier molecular flexibility index (Phi) is 6.34.